The molecular weight excluding hydrogens is 312 g/mol. The molecule has 3 nitrogen and oxygen atoms in total. The maximum Gasteiger partial charge on any atom is 0.103 e. The van der Waals surface area contributed by atoms with E-state index in [-0.39, 0.29) is 12.7 Å². The van der Waals surface area contributed by atoms with Crippen LogP contribution in [0.4, 0.5) is 0 Å². The molecule has 0 amide bonds. The summed E-state index contributed by atoms with van der Waals surface area (Å²) in [5.74, 6) is 0. The number of ether oxygens (including phenoxy) is 1. The second-order valence-corrected chi connectivity index (χ2v) is 7.62. The molecule has 0 rings (SSSR count). The molecule has 0 aromatic rings. The van der Waals surface area contributed by atoms with Crippen LogP contribution in [0, 0.1) is 0 Å². The van der Waals surface area contributed by atoms with Gasteiger partial charge in [-0.3, -0.25) is 0 Å². The highest BCUT2D eigenvalue weighted by Gasteiger charge is 2.16. The van der Waals surface area contributed by atoms with Gasteiger partial charge in [0.05, 0.1) is 12.7 Å². The van der Waals surface area contributed by atoms with Crippen LogP contribution in [0.1, 0.15) is 116 Å². The Morgan fingerprint density at radius 1 is 0.640 bits per heavy atom. The van der Waals surface area contributed by atoms with Gasteiger partial charge in [-0.2, -0.15) is 0 Å². The fourth-order valence-electron chi connectivity index (χ4n) is 3.48. The van der Waals surface area contributed by atoms with E-state index in [1.165, 1.54) is 96.3 Å². The van der Waals surface area contributed by atoms with Crippen LogP contribution in [0.5, 0.6) is 0 Å². The second-order valence-electron chi connectivity index (χ2n) is 7.62. The van der Waals surface area contributed by atoms with Crippen LogP contribution in [0.3, 0.4) is 0 Å². The van der Waals surface area contributed by atoms with Crippen molar-refractivity contribution in [3.05, 3.63) is 0 Å². The number of hydrogen-bond donors (Lipinski definition) is 2. The average molecular weight is 359 g/mol. The lowest BCUT2D eigenvalue weighted by molar-refractivity contribution is -0.0419. The molecule has 0 saturated heterocycles. The molecule has 2 N–H and O–H groups in total. The summed E-state index contributed by atoms with van der Waals surface area (Å²) >= 11 is 0. The topological polar surface area (TPSA) is 49.7 Å². The van der Waals surface area contributed by atoms with Gasteiger partial charge in [0.1, 0.15) is 6.10 Å². The number of aliphatic hydroxyl groups excluding tert-OH is 2. The van der Waals surface area contributed by atoms with Gasteiger partial charge in [-0.15, -0.1) is 0 Å². The molecule has 0 aromatic carbocycles. The second kappa shape index (κ2) is 20.2. The van der Waals surface area contributed by atoms with Crippen LogP contribution >= 0.6 is 0 Å². The minimum absolute atomic E-state index is 0.211. The van der Waals surface area contributed by atoms with E-state index >= 15 is 0 Å². The van der Waals surface area contributed by atoms with Crippen molar-refractivity contribution in [2.45, 2.75) is 128 Å². The first-order chi connectivity index (χ1) is 12.3. The minimum Gasteiger partial charge on any atom is -0.394 e. The largest absolute Gasteiger partial charge is 0.394 e. The molecule has 0 spiro atoms. The summed E-state index contributed by atoms with van der Waals surface area (Å²) in [4.78, 5) is 0. The first-order valence-corrected chi connectivity index (χ1v) is 11.1. The first kappa shape index (κ1) is 24.9. The predicted molar refractivity (Wildman–Crippen MR) is 108 cm³/mol. The summed E-state index contributed by atoms with van der Waals surface area (Å²) < 4.78 is 5.22. The van der Waals surface area contributed by atoms with Crippen LogP contribution in [-0.4, -0.2) is 36.1 Å². The molecule has 3 heteroatoms. The molecule has 0 bridgehead atoms. The van der Waals surface area contributed by atoms with Gasteiger partial charge in [0.2, 0.25) is 0 Å². The highest BCUT2D eigenvalue weighted by atomic mass is 16.5. The number of methoxy groups -OCH3 is 1. The fraction of sp³-hybridized carbons (Fsp3) is 1.00. The Morgan fingerprint density at radius 2 is 1.00 bits per heavy atom. The van der Waals surface area contributed by atoms with Crippen molar-refractivity contribution >= 4 is 0 Å². The van der Waals surface area contributed by atoms with Crippen molar-refractivity contribution in [2.24, 2.45) is 0 Å². The van der Waals surface area contributed by atoms with E-state index in [0.717, 1.165) is 12.8 Å². The molecule has 0 aliphatic rings. The zero-order chi connectivity index (χ0) is 18.6. The molecule has 25 heavy (non-hydrogen) atoms. The Labute approximate surface area is 157 Å². The van der Waals surface area contributed by atoms with Crippen molar-refractivity contribution in [1.82, 2.24) is 0 Å². The zero-order valence-corrected chi connectivity index (χ0v) is 17.2. The maximum atomic E-state index is 9.57. The molecule has 0 fully saturated rings. The number of rotatable bonds is 20. The lowest BCUT2D eigenvalue weighted by Crippen LogP contribution is -2.31. The van der Waals surface area contributed by atoms with Gasteiger partial charge in [-0.1, -0.05) is 110 Å². The molecular formula is C22H46O3. The monoisotopic (exact) mass is 358 g/mol. The summed E-state index contributed by atoms with van der Waals surface area (Å²) in [5, 5.41) is 18.5. The van der Waals surface area contributed by atoms with Crippen LogP contribution in [0.25, 0.3) is 0 Å². The Hall–Kier alpha value is -0.120. The Bertz CT molecular complexity index is 245. The lowest BCUT2D eigenvalue weighted by Gasteiger charge is -2.19. The molecule has 0 heterocycles. The Balaban J connectivity index is 3.16. The van der Waals surface area contributed by atoms with Crippen molar-refractivity contribution < 1.29 is 14.9 Å². The van der Waals surface area contributed by atoms with Gasteiger partial charge in [0, 0.05) is 7.11 Å². The van der Waals surface area contributed by atoms with E-state index in [2.05, 4.69) is 6.92 Å². The molecule has 2 atom stereocenters. The van der Waals surface area contributed by atoms with Crippen LogP contribution < -0.4 is 0 Å². The summed E-state index contributed by atoms with van der Waals surface area (Å²) in [5.41, 5.74) is 0. The molecule has 0 aromatic heterocycles. The molecule has 0 saturated carbocycles. The molecule has 152 valence electrons. The number of aliphatic hydroxyl groups is 2. The van der Waals surface area contributed by atoms with Crippen LogP contribution in [0.2, 0.25) is 0 Å². The number of hydrogen-bond acceptors (Lipinski definition) is 3. The molecule has 0 aliphatic carbocycles. The Kier molecular flexibility index (Phi) is 20.1. The highest BCUT2D eigenvalue weighted by Crippen LogP contribution is 2.15. The highest BCUT2D eigenvalue weighted by molar-refractivity contribution is 4.67. The van der Waals surface area contributed by atoms with E-state index in [1.807, 2.05) is 0 Å². The lowest BCUT2D eigenvalue weighted by atomic mass is 10.0. The van der Waals surface area contributed by atoms with Gasteiger partial charge in [-0.05, 0) is 6.42 Å². The first-order valence-electron chi connectivity index (χ1n) is 11.1. The quantitative estimate of drug-likeness (QED) is 0.262. The SMILES string of the molecule is CCCCCCCCCCCCCCCCCCC(OC)C(O)CO. The molecule has 0 radical (unpaired) electrons. The van der Waals surface area contributed by atoms with Gasteiger partial charge in [0.15, 0.2) is 0 Å². The molecule has 0 aliphatic heterocycles. The smallest absolute Gasteiger partial charge is 0.103 e. The third-order valence-electron chi connectivity index (χ3n) is 5.26. The summed E-state index contributed by atoms with van der Waals surface area (Å²) in [6.07, 6.45) is 21.8. The van der Waals surface area contributed by atoms with E-state index in [1.54, 1.807) is 7.11 Å². The van der Waals surface area contributed by atoms with E-state index in [9.17, 15) is 5.11 Å². The summed E-state index contributed by atoms with van der Waals surface area (Å²) in [7, 11) is 1.61. The van der Waals surface area contributed by atoms with Gasteiger partial charge < -0.3 is 14.9 Å². The number of unbranched alkanes of at least 4 members (excludes halogenated alkanes) is 15. The third-order valence-corrected chi connectivity index (χ3v) is 5.26. The average Bonchev–Trinajstić information content (AvgIpc) is 2.64. The van der Waals surface area contributed by atoms with E-state index in [0.29, 0.717) is 0 Å². The van der Waals surface area contributed by atoms with E-state index < -0.39 is 6.10 Å². The van der Waals surface area contributed by atoms with Crippen molar-refractivity contribution in [1.29, 1.82) is 0 Å². The van der Waals surface area contributed by atoms with Crippen molar-refractivity contribution in [3.63, 3.8) is 0 Å². The Morgan fingerprint density at radius 3 is 1.32 bits per heavy atom. The zero-order valence-electron chi connectivity index (χ0n) is 17.2. The molecule has 2 unspecified atom stereocenters. The van der Waals surface area contributed by atoms with Crippen LogP contribution in [0.15, 0.2) is 0 Å². The van der Waals surface area contributed by atoms with Gasteiger partial charge in [-0.25, -0.2) is 0 Å². The van der Waals surface area contributed by atoms with Gasteiger partial charge in [0.25, 0.3) is 0 Å². The van der Waals surface area contributed by atoms with Crippen molar-refractivity contribution in [2.75, 3.05) is 13.7 Å². The van der Waals surface area contributed by atoms with Crippen molar-refractivity contribution in [3.8, 4) is 0 Å². The maximum absolute atomic E-state index is 9.57. The van der Waals surface area contributed by atoms with Crippen LogP contribution in [-0.2, 0) is 4.74 Å². The van der Waals surface area contributed by atoms with E-state index in [4.69, 9.17) is 9.84 Å². The summed E-state index contributed by atoms with van der Waals surface area (Å²) in [6.45, 7) is 2.07. The van der Waals surface area contributed by atoms with Gasteiger partial charge >= 0.3 is 0 Å². The minimum atomic E-state index is -0.735. The normalized spacial score (nSPS) is 13.9. The fourth-order valence-corrected chi connectivity index (χ4v) is 3.48. The summed E-state index contributed by atoms with van der Waals surface area (Å²) in [6, 6.07) is 0. The predicted octanol–water partition coefficient (Wildman–Crippen LogP) is 6.01. The third kappa shape index (κ3) is 17.1. The standard InChI is InChI=1S/C22H46O3/c1-3-4-5-6-7-8-9-10-11-12-13-14-15-16-17-18-19-22(25-2)21(24)20-23/h21-24H,3-20H2,1-2H3.